The van der Waals surface area contributed by atoms with Crippen LogP contribution in [0.1, 0.15) is 88.7 Å². The Morgan fingerprint density at radius 1 is 1.09 bits per heavy atom. The van der Waals surface area contributed by atoms with Gasteiger partial charge in [0.05, 0.1) is 18.0 Å². The highest BCUT2D eigenvalue weighted by Gasteiger charge is 2.44. The average Bonchev–Trinajstić information content (AvgIpc) is 3.57. The van der Waals surface area contributed by atoms with Crippen LogP contribution in [0.25, 0.3) is 5.69 Å². The van der Waals surface area contributed by atoms with E-state index in [1.54, 1.807) is 6.20 Å². The summed E-state index contributed by atoms with van der Waals surface area (Å²) in [6.45, 7) is 5.72. The maximum atomic E-state index is 5.71. The lowest BCUT2D eigenvalue weighted by Crippen LogP contribution is -2.50. The lowest BCUT2D eigenvalue weighted by atomic mass is 9.73. The Kier molecular flexibility index (Phi) is 5.84. The first-order valence-electron chi connectivity index (χ1n) is 13.3. The zero-order chi connectivity index (χ0) is 23.3. The van der Waals surface area contributed by atoms with Gasteiger partial charge in [-0.1, -0.05) is 6.92 Å². The molecular formula is C26H39N7O. The molecule has 0 aromatic carbocycles. The van der Waals surface area contributed by atoms with E-state index in [9.17, 15) is 0 Å². The summed E-state index contributed by atoms with van der Waals surface area (Å²) in [5.74, 6) is 3.27. The minimum absolute atomic E-state index is 0.407. The van der Waals surface area contributed by atoms with Crippen molar-refractivity contribution in [3.63, 3.8) is 0 Å². The summed E-state index contributed by atoms with van der Waals surface area (Å²) in [7, 11) is 1.88. The number of ether oxygens (including phenoxy) is 1. The second-order valence-corrected chi connectivity index (χ2v) is 11.6. The topological polar surface area (TPSA) is 81.0 Å². The van der Waals surface area contributed by atoms with Crippen LogP contribution >= 0.6 is 0 Å². The maximum absolute atomic E-state index is 5.71. The molecule has 0 spiro atoms. The highest BCUT2D eigenvalue weighted by molar-refractivity contribution is 5.44. The molecule has 2 saturated heterocycles. The SMILES string of the molecule is COC1C[C@H]2CC[C@H](C1)N2CC1(C)CCC(Nc2cc(-n3nc(C)nc3C3CC3)cnn2)CC1. The van der Waals surface area contributed by atoms with E-state index in [1.165, 1.54) is 70.8 Å². The fourth-order valence-corrected chi connectivity index (χ4v) is 6.71. The van der Waals surface area contributed by atoms with E-state index in [0.29, 0.717) is 23.5 Å². The van der Waals surface area contributed by atoms with Crippen molar-refractivity contribution in [2.24, 2.45) is 5.41 Å². The third kappa shape index (κ3) is 4.47. The van der Waals surface area contributed by atoms with Crippen molar-refractivity contribution in [2.75, 3.05) is 19.0 Å². The summed E-state index contributed by atoms with van der Waals surface area (Å²) in [4.78, 5) is 7.50. The molecule has 0 amide bonds. The molecule has 6 rings (SSSR count). The van der Waals surface area contributed by atoms with Crippen LogP contribution in [-0.4, -0.2) is 67.7 Å². The number of piperidine rings is 1. The molecule has 4 fully saturated rings. The largest absolute Gasteiger partial charge is 0.381 e. The lowest BCUT2D eigenvalue weighted by Gasteiger charge is -2.46. The highest BCUT2D eigenvalue weighted by Crippen LogP contribution is 2.44. The van der Waals surface area contributed by atoms with Crippen molar-refractivity contribution in [3.05, 3.63) is 23.9 Å². The van der Waals surface area contributed by atoms with E-state index in [4.69, 9.17) is 4.74 Å². The Balaban J connectivity index is 1.07. The van der Waals surface area contributed by atoms with Gasteiger partial charge in [0, 0.05) is 43.8 Å². The Hall–Kier alpha value is -2.06. The molecule has 2 aliphatic carbocycles. The molecule has 0 unspecified atom stereocenters. The third-order valence-corrected chi connectivity index (χ3v) is 8.85. The van der Waals surface area contributed by atoms with Gasteiger partial charge in [0.1, 0.15) is 11.6 Å². The first-order chi connectivity index (χ1) is 16.5. The first-order valence-corrected chi connectivity index (χ1v) is 13.3. The minimum Gasteiger partial charge on any atom is -0.381 e. The summed E-state index contributed by atoms with van der Waals surface area (Å²) >= 11 is 0. The fraction of sp³-hybridized carbons (Fsp3) is 0.769. The zero-order valence-corrected chi connectivity index (χ0v) is 20.9. The summed E-state index contributed by atoms with van der Waals surface area (Å²) < 4.78 is 7.67. The Morgan fingerprint density at radius 3 is 2.50 bits per heavy atom. The number of nitrogens with zero attached hydrogens (tertiary/aromatic N) is 6. The molecular weight excluding hydrogens is 426 g/mol. The van der Waals surface area contributed by atoms with E-state index in [0.717, 1.165) is 35.2 Å². The molecule has 2 atom stereocenters. The van der Waals surface area contributed by atoms with E-state index < -0.39 is 0 Å². The second-order valence-electron chi connectivity index (χ2n) is 11.6. The van der Waals surface area contributed by atoms with Gasteiger partial charge in [-0.15, -0.1) is 5.10 Å². The number of aromatic nitrogens is 5. The Labute approximate surface area is 202 Å². The molecule has 2 bridgehead atoms. The number of anilines is 1. The number of aryl methyl sites for hydroxylation is 1. The quantitative estimate of drug-likeness (QED) is 0.655. The smallest absolute Gasteiger partial charge is 0.151 e. The number of hydrogen-bond donors (Lipinski definition) is 1. The van der Waals surface area contributed by atoms with Crippen molar-refractivity contribution in [1.82, 2.24) is 29.9 Å². The van der Waals surface area contributed by atoms with Gasteiger partial charge in [0.15, 0.2) is 5.82 Å². The number of rotatable bonds is 7. The predicted molar refractivity (Wildman–Crippen MR) is 131 cm³/mol. The predicted octanol–water partition coefficient (Wildman–Crippen LogP) is 4.25. The molecule has 4 aliphatic rings. The van der Waals surface area contributed by atoms with Gasteiger partial charge in [0.2, 0.25) is 0 Å². The van der Waals surface area contributed by atoms with Crippen molar-refractivity contribution < 1.29 is 4.74 Å². The molecule has 2 aliphatic heterocycles. The van der Waals surface area contributed by atoms with Gasteiger partial charge < -0.3 is 10.1 Å². The number of nitrogens with one attached hydrogen (secondary N) is 1. The van der Waals surface area contributed by atoms with Crippen molar-refractivity contribution >= 4 is 5.82 Å². The van der Waals surface area contributed by atoms with E-state index in [-0.39, 0.29) is 0 Å². The average molecular weight is 466 g/mol. The molecule has 1 N–H and O–H groups in total. The van der Waals surface area contributed by atoms with Crippen molar-refractivity contribution in [3.8, 4) is 5.69 Å². The molecule has 0 radical (unpaired) electrons. The normalized spacial score (nSPS) is 33.9. The Bertz CT molecular complexity index is 996. The van der Waals surface area contributed by atoms with Crippen molar-refractivity contribution in [2.45, 2.75) is 108 Å². The fourth-order valence-electron chi connectivity index (χ4n) is 6.71. The molecule has 8 heteroatoms. The van der Waals surface area contributed by atoms with Crippen LogP contribution in [0.5, 0.6) is 0 Å². The monoisotopic (exact) mass is 465 g/mol. The van der Waals surface area contributed by atoms with Crippen LogP contribution in [0.15, 0.2) is 12.3 Å². The van der Waals surface area contributed by atoms with E-state index in [1.807, 2.05) is 18.7 Å². The molecule has 2 aromatic heterocycles. The standard InChI is InChI=1S/C26H39N7O/c1-17-28-25(18-4-5-18)33(31-17)22-14-24(30-27-15-22)29-19-8-10-26(2,11-9-19)16-32-20-6-7-21(32)13-23(12-20)34-3/h14-15,18-21,23H,4-13,16H2,1-3H3,(H,29,30)/t19?,20-,21-,26?/m1/s1. The third-order valence-electron chi connectivity index (χ3n) is 8.85. The summed E-state index contributed by atoms with van der Waals surface area (Å²) in [5.41, 5.74) is 1.36. The summed E-state index contributed by atoms with van der Waals surface area (Å²) in [6, 6.07) is 4.00. The van der Waals surface area contributed by atoms with Gasteiger partial charge in [-0.3, -0.25) is 4.90 Å². The summed E-state index contributed by atoms with van der Waals surface area (Å²) in [5, 5.41) is 17.0. The van der Waals surface area contributed by atoms with Crippen LogP contribution in [-0.2, 0) is 4.74 Å². The van der Waals surface area contributed by atoms with Gasteiger partial charge >= 0.3 is 0 Å². The van der Waals surface area contributed by atoms with Crippen LogP contribution in [0, 0.1) is 12.3 Å². The number of hydrogen-bond acceptors (Lipinski definition) is 7. The molecule has 8 nitrogen and oxygen atoms in total. The molecule has 184 valence electrons. The van der Waals surface area contributed by atoms with E-state index >= 15 is 0 Å². The highest BCUT2D eigenvalue weighted by atomic mass is 16.5. The van der Waals surface area contributed by atoms with Crippen LogP contribution in [0.4, 0.5) is 5.82 Å². The lowest BCUT2D eigenvalue weighted by molar-refractivity contribution is -0.0154. The van der Waals surface area contributed by atoms with Crippen LogP contribution in [0.2, 0.25) is 0 Å². The first kappa shape index (κ1) is 22.4. The maximum Gasteiger partial charge on any atom is 0.151 e. The van der Waals surface area contributed by atoms with Crippen LogP contribution < -0.4 is 5.32 Å². The van der Waals surface area contributed by atoms with E-state index in [2.05, 4.69) is 43.5 Å². The minimum atomic E-state index is 0.407. The van der Waals surface area contributed by atoms with Crippen molar-refractivity contribution in [1.29, 1.82) is 0 Å². The molecule has 34 heavy (non-hydrogen) atoms. The molecule has 2 saturated carbocycles. The second kappa shape index (κ2) is 8.86. The van der Waals surface area contributed by atoms with Gasteiger partial charge in [-0.05, 0) is 76.5 Å². The van der Waals surface area contributed by atoms with Gasteiger partial charge in [-0.2, -0.15) is 10.2 Å². The van der Waals surface area contributed by atoms with Crippen LogP contribution in [0.3, 0.4) is 0 Å². The Morgan fingerprint density at radius 2 is 1.82 bits per heavy atom. The number of fused-ring (bicyclic) bond motifs is 2. The zero-order valence-electron chi connectivity index (χ0n) is 20.9. The number of methoxy groups -OCH3 is 1. The molecule has 2 aromatic rings. The summed E-state index contributed by atoms with van der Waals surface area (Å²) in [6.07, 6.45) is 14.7. The molecule has 4 heterocycles. The van der Waals surface area contributed by atoms with Gasteiger partial charge in [-0.25, -0.2) is 9.67 Å². The van der Waals surface area contributed by atoms with Gasteiger partial charge in [0.25, 0.3) is 0 Å².